The molecule has 8 heteroatoms. The molecule has 1 aliphatic heterocycles. The van der Waals surface area contributed by atoms with E-state index in [9.17, 15) is 14.4 Å². The average molecular weight is 438 g/mol. The minimum atomic E-state index is -0.594. The van der Waals surface area contributed by atoms with Crippen LogP contribution in [0.3, 0.4) is 0 Å². The summed E-state index contributed by atoms with van der Waals surface area (Å²) in [7, 11) is 0. The Bertz CT molecular complexity index is 748. The molecule has 1 atom stereocenters. The lowest BCUT2D eigenvalue weighted by Crippen LogP contribution is -2.52. The number of hydrogen-bond acceptors (Lipinski definition) is 4. The molecule has 2 N–H and O–H groups in total. The van der Waals surface area contributed by atoms with Crippen LogP contribution in [-0.4, -0.2) is 59.8 Å². The second-order valence-electron chi connectivity index (χ2n) is 7.67. The Hall–Kier alpha value is -1.73. The largest absolute Gasteiger partial charge is 0.353 e. The Labute approximate surface area is 181 Å². The molecule has 2 fully saturated rings. The van der Waals surface area contributed by atoms with E-state index in [4.69, 9.17) is 11.6 Å². The van der Waals surface area contributed by atoms with E-state index in [-0.39, 0.29) is 23.6 Å². The lowest BCUT2D eigenvalue weighted by atomic mass is 9.95. The summed E-state index contributed by atoms with van der Waals surface area (Å²) < 4.78 is 0. The van der Waals surface area contributed by atoms with E-state index in [0.717, 1.165) is 18.6 Å². The number of rotatable bonds is 8. The first kappa shape index (κ1) is 22.0. The molecule has 2 aliphatic rings. The predicted octanol–water partition coefficient (Wildman–Crippen LogP) is 2.71. The highest BCUT2D eigenvalue weighted by molar-refractivity contribution is 7.98. The van der Waals surface area contributed by atoms with Crippen molar-refractivity contribution in [2.24, 2.45) is 5.92 Å². The number of nitrogens with one attached hydrogen (secondary N) is 2. The van der Waals surface area contributed by atoms with Crippen molar-refractivity contribution in [1.82, 2.24) is 15.5 Å². The molecular formula is C21H28ClN3O3S. The quantitative estimate of drug-likeness (QED) is 0.655. The van der Waals surface area contributed by atoms with Crippen molar-refractivity contribution in [2.75, 3.05) is 25.1 Å². The van der Waals surface area contributed by atoms with Crippen molar-refractivity contribution in [1.29, 1.82) is 0 Å². The van der Waals surface area contributed by atoms with Gasteiger partial charge in [-0.05, 0) is 56.2 Å². The van der Waals surface area contributed by atoms with E-state index >= 15 is 0 Å². The number of carbonyl (C=O) groups is 3. The molecule has 158 valence electrons. The Morgan fingerprint density at radius 1 is 1.17 bits per heavy atom. The number of likely N-dealkylation sites (tertiary alicyclic amines) is 1. The standard InChI is InChI=1S/C21H28ClN3O3S/c1-29-13-10-18(24-20(27)16-4-2-3-5-17(16)22)21(28)25-11-8-14(9-12-25)19(26)23-15-6-7-15/h2-5,14-15,18H,6-13H2,1H3,(H,23,26)(H,24,27). The van der Waals surface area contributed by atoms with E-state index in [1.807, 2.05) is 6.26 Å². The summed E-state index contributed by atoms with van der Waals surface area (Å²) in [6.07, 6.45) is 6.01. The first-order chi connectivity index (χ1) is 14.0. The van der Waals surface area contributed by atoms with Gasteiger partial charge in [0.25, 0.3) is 5.91 Å². The molecule has 0 aromatic heterocycles. The van der Waals surface area contributed by atoms with E-state index in [1.165, 1.54) is 0 Å². The summed E-state index contributed by atoms with van der Waals surface area (Å²) in [5.74, 6) is 0.432. The number of benzene rings is 1. The van der Waals surface area contributed by atoms with Gasteiger partial charge in [-0.1, -0.05) is 23.7 Å². The van der Waals surface area contributed by atoms with E-state index in [0.29, 0.717) is 49.0 Å². The van der Waals surface area contributed by atoms with Crippen LogP contribution in [-0.2, 0) is 9.59 Å². The lowest BCUT2D eigenvalue weighted by molar-refractivity contribution is -0.137. The van der Waals surface area contributed by atoms with Crippen LogP contribution in [0.4, 0.5) is 0 Å². The molecule has 1 unspecified atom stereocenters. The second kappa shape index (κ2) is 10.3. The number of piperidine rings is 1. The first-order valence-corrected chi connectivity index (χ1v) is 11.9. The first-order valence-electron chi connectivity index (χ1n) is 10.1. The van der Waals surface area contributed by atoms with Crippen molar-refractivity contribution < 1.29 is 14.4 Å². The summed E-state index contributed by atoms with van der Waals surface area (Å²) >= 11 is 7.76. The van der Waals surface area contributed by atoms with Crippen LogP contribution in [0.25, 0.3) is 0 Å². The third-order valence-corrected chi connectivity index (χ3v) is 6.41. The Kier molecular flexibility index (Phi) is 7.84. The molecule has 6 nitrogen and oxygen atoms in total. The molecule has 1 heterocycles. The topological polar surface area (TPSA) is 78.5 Å². The van der Waals surface area contributed by atoms with Crippen LogP contribution < -0.4 is 10.6 Å². The van der Waals surface area contributed by atoms with Gasteiger partial charge in [-0.2, -0.15) is 11.8 Å². The van der Waals surface area contributed by atoms with Crippen LogP contribution in [0.15, 0.2) is 24.3 Å². The zero-order valence-corrected chi connectivity index (χ0v) is 18.2. The van der Waals surface area contributed by atoms with Gasteiger partial charge in [-0.3, -0.25) is 14.4 Å². The highest BCUT2D eigenvalue weighted by atomic mass is 35.5. The normalized spacial score (nSPS) is 18.2. The summed E-state index contributed by atoms with van der Waals surface area (Å²) in [4.78, 5) is 39.8. The van der Waals surface area contributed by atoms with Gasteiger partial charge < -0.3 is 15.5 Å². The maximum absolute atomic E-state index is 13.1. The van der Waals surface area contributed by atoms with Crippen molar-refractivity contribution in [3.8, 4) is 0 Å². The van der Waals surface area contributed by atoms with E-state index in [1.54, 1.807) is 40.9 Å². The van der Waals surface area contributed by atoms with Gasteiger partial charge in [0, 0.05) is 25.0 Å². The van der Waals surface area contributed by atoms with E-state index < -0.39 is 6.04 Å². The maximum Gasteiger partial charge on any atom is 0.253 e. The molecule has 1 aromatic carbocycles. The van der Waals surface area contributed by atoms with Crippen LogP contribution in [0.2, 0.25) is 5.02 Å². The Balaban J connectivity index is 1.58. The van der Waals surface area contributed by atoms with Gasteiger partial charge in [0.2, 0.25) is 11.8 Å². The fraction of sp³-hybridized carbons (Fsp3) is 0.571. The van der Waals surface area contributed by atoms with Crippen molar-refractivity contribution in [2.45, 2.75) is 44.2 Å². The lowest BCUT2D eigenvalue weighted by Gasteiger charge is -2.34. The molecule has 3 rings (SSSR count). The molecule has 3 amide bonds. The van der Waals surface area contributed by atoms with Crippen LogP contribution in [0.5, 0.6) is 0 Å². The molecular weight excluding hydrogens is 410 g/mol. The third-order valence-electron chi connectivity index (χ3n) is 5.43. The molecule has 29 heavy (non-hydrogen) atoms. The highest BCUT2D eigenvalue weighted by Gasteiger charge is 2.33. The van der Waals surface area contributed by atoms with Crippen molar-refractivity contribution in [3.63, 3.8) is 0 Å². The van der Waals surface area contributed by atoms with Crippen LogP contribution in [0, 0.1) is 5.92 Å². The molecule has 0 bridgehead atoms. The number of carbonyl (C=O) groups excluding carboxylic acids is 3. The minimum absolute atomic E-state index is 0.0259. The number of amides is 3. The smallest absolute Gasteiger partial charge is 0.253 e. The summed E-state index contributed by atoms with van der Waals surface area (Å²) in [6, 6.07) is 6.58. The Morgan fingerprint density at radius 2 is 1.86 bits per heavy atom. The van der Waals surface area contributed by atoms with Gasteiger partial charge in [0.05, 0.1) is 10.6 Å². The van der Waals surface area contributed by atoms with Gasteiger partial charge >= 0.3 is 0 Å². The average Bonchev–Trinajstić information content (AvgIpc) is 3.54. The Morgan fingerprint density at radius 3 is 2.48 bits per heavy atom. The maximum atomic E-state index is 13.1. The molecule has 1 aliphatic carbocycles. The summed E-state index contributed by atoms with van der Waals surface area (Å²) in [5.41, 5.74) is 0.367. The number of nitrogens with zero attached hydrogens (tertiary/aromatic N) is 1. The van der Waals surface area contributed by atoms with Gasteiger partial charge in [0.1, 0.15) is 6.04 Å². The number of thioether (sulfide) groups is 1. The number of hydrogen-bond donors (Lipinski definition) is 2. The van der Waals surface area contributed by atoms with Crippen molar-refractivity contribution >= 4 is 41.1 Å². The number of halogens is 1. The van der Waals surface area contributed by atoms with Crippen molar-refractivity contribution in [3.05, 3.63) is 34.9 Å². The molecule has 0 spiro atoms. The zero-order chi connectivity index (χ0) is 20.8. The molecule has 1 saturated heterocycles. The molecule has 1 aromatic rings. The fourth-order valence-corrected chi connectivity index (χ4v) is 4.20. The third kappa shape index (κ3) is 6.12. The van der Waals surface area contributed by atoms with E-state index in [2.05, 4.69) is 10.6 Å². The van der Waals surface area contributed by atoms with Gasteiger partial charge in [-0.15, -0.1) is 0 Å². The second-order valence-corrected chi connectivity index (χ2v) is 9.06. The summed E-state index contributed by atoms with van der Waals surface area (Å²) in [5, 5.41) is 6.28. The highest BCUT2D eigenvalue weighted by Crippen LogP contribution is 2.23. The SMILES string of the molecule is CSCCC(NC(=O)c1ccccc1Cl)C(=O)N1CCC(C(=O)NC2CC2)CC1. The fourth-order valence-electron chi connectivity index (χ4n) is 3.50. The van der Waals surface area contributed by atoms with Crippen LogP contribution >= 0.6 is 23.4 Å². The summed E-state index contributed by atoms with van der Waals surface area (Å²) in [6.45, 7) is 1.08. The van der Waals surface area contributed by atoms with Gasteiger partial charge in [-0.25, -0.2) is 0 Å². The monoisotopic (exact) mass is 437 g/mol. The van der Waals surface area contributed by atoms with Gasteiger partial charge in [0.15, 0.2) is 0 Å². The molecule has 1 saturated carbocycles. The minimum Gasteiger partial charge on any atom is -0.353 e. The molecule has 0 radical (unpaired) electrons. The predicted molar refractivity (Wildman–Crippen MR) is 116 cm³/mol. The zero-order valence-electron chi connectivity index (χ0n) is 16.7. The van der Waals surface area contributed by atoms with Crippen LogP contribution in [0.1, 0.15) is 42.5 Å².